The summed E-state index contributed by atoms with van der Waals surface area (Å²) in [6.07, 6.45) is 1.17. The lowest BCUT2D eigenvalue weighted by Gasteiger charge is -2.38. The summed E-state index contributed by atoms with van der Waals surface area (Å²) >= 11 is 6.15. The number of nitrogens with zero attached hydrogens (tertiary/aromatic N) is 1. The minimum Gasteiger partial charge on any atom is -0.495 e. The third-order valence-corrected chi connectivity index (χ3v) is 4.56. The monoisotopic (exact) mass is 296 g/mol. The van der Waals surface area contributed by atoms with Crippen LogP contribution >= 0.6 is 11.6 Å². The van der Waals surface area contributed by atoms with E-state index in [0.29, 0.717) is 17.0 Å². The van der Waals surface area contributed by atoms with Gasteiger partial charge >= 0.3 is 0 Å². The molecule has 0 spiro atoms. The van der Waals surface area contributed by atoms with E-state index in [1.807, 2.05) is 6.07 Å². The lowest BCUT2D eigenvalue weighted by molar-refractivity contribution is 0.128. The highest BCUT2D eigenvalue weighted by atomic mass is 35.5. The predicted molar refractivity (Wildman–Crippen MR) is 84.6 cm³/mol. The van der Waals surface area contributed by atoms with Crippen LogP contribution in [0.4, 0.5) is 0 Å². The van der Waals surface area contributed by atoms with Crippen LogP contribution in [0, 0.1) is 5.92 Å². The fourth-order valence-corrected chi connectivity index (χ4v) is 3.14. The van der Waals surface area contributed by atoms with Gasteiger partial charge in [-0.3, -0.25) is 4.90 Å². The van der Waals surface area contributed by atoms with Gasteiger partial charge in [-0.05, 0) is 23.6 Å². The van der Waals surface area contributed by atoms with Gasteiger partial charge in [-0.2, -0.15) is 0 Å². The molecule has 1 N–H and O–H groups in total. The lowest BCUT2D eigenvalue weighted by Crippen LogP contribution is -2.46. The van der Waals surface area contributed by atoms with Crippen molar-refractivity contribution < 1.29 is 4.74 Å². The highest BCUT2D eigenvalue weighted by Gasteiger charge is 2.26. The van der Waals surface area contributed by atoms with Crippen LogP contribution in [-0.2, 0) is 0 Å². The zero-order chi connectivity index (χ0) is 14.5. The molecular formula is C16H25ClN2O. The Bertz CT molecular complexity index is 432. The molecule has 0 aliphatic carbocycles. The van der Waals surface area contributed by atoms with Crippen molar-refractivity contribution in [3.05, 3.63) is 28.8 Å². The number of benzene rings is 1. The average Bonchev–Trinajstić information content (AvgIpc) is 2.50. The largest absolute Gasteiger partial charge is 0.495 e. The first-order chi connectivity index (χ1) is 9.67. The Kier molecular flexibility index (Phi) is 5.70. The second-order valence-corrected chi connectivity index (χ2v) is 5.92. The van der Waals surface area contributed by atoms with Crippen LogP contribution in [0.5, 0.6) is 5.75 Å². The minimum atomic E-state index is 0.438. The highest BCUT2D eigenvalue weighted by molar-refractivity contribution is 6.32. The van der Waals surface area contributed by atoms with Crippen LogP contribution < -0.4 is 10.1 Å². The van der Waals surface area contributed by atoms with Crippen LogP contribution in [0.15, 0.2) is 18.2 Å². The maximum absolute atomic E-state index is 6.15. The smallest absolute Gasteiger partial charge is 0.137 e. The van der Waals surface area contributed by atoms with Crippen molar-refractivity contribution >= 4 is 11.6 Å². The third kappa shape index (κ3) is 3.46. The number of rotatable bonds is 5. The van der Waals surface area contributed by atoms with E-state index in [0.717, 1.165) is 31.9 Å². The van der Waals surface area contributed by atoms with Gasteiger partial charge in [0, 0.05) is 32.2 Å². The summed E-state index contributed by atoms with van der Waals surface area (Å²) in [7, 11) is 1.67. The number of hydrogen-bond acceptors (Lipinski definition) is 3. The Labute approximate surface area is 127 Å². The first-order valence-electron chi connectivity index (χ1n) is 7.45. The summed E-state index contributed by atoms with van der Waals surface area (Å²) in [5.41, 5.74) is 1.31. The molecule has 1 aliphatic rings. The molecule has 0 amide bonds. The molecule has 1 fully saturated rings. The van der Waals surface area contributed by atoms with E-state index in [2.05, 4.69) is 36.2 Å². The summed E-state index contributed by atoms with van der Waals surface area (Å²) in [6.45, 7) is 8.91. The number of piperazine rings is 1. The van der Waals surface area contributed by atoms with Crippen molar-refractivity contribution in [3.8, 4) is 5.75 Å². The van der Waals surface area contributed by atoms with Gasteiger partial charge in [-0.15, -0.1) is 0 Å². The number of halogens is 1. The van der Waals surface area contributed by atoms with Gasteiger partial charge in [-0.1, -0.05) is 37.9 Å². The Morgan fingerprint density at radius 3 is 2.65 bits per heavy atom. The lowest BCUT2D eigenvalue weighted by atomic mass is 9.90. The van der Waals surface area contributed by atoms with Crippen molar-refractivity contribution in [2.45, 2.75) is 26.3 Å². The Morgan fingerprint density at radius 2 is 2.05 bits per heavy atom. The molecule has 112 valence electrons. The number of nitrogens with one attached hydrogen (secondary N) is 1. The maximum Gasteiger partial charge on any atom is 0.137 e. The van der Waals surface area contributed by atoms with Gasteiger partial charge in [-0.25, -0.2) is 0 Å². The molecule has 1 aromatic rings. The van der Waals surface area contributed by atoms with E-state index in [1.54, 1.807) is 7.11 Å². The maximum atomic E-state index is 6.15. The van der Waals surface area contributed by atoms with E-state index in [-0.39, 0.29) is 0 Å². The Morgan fingerprint density at radius 1 is 1.35 bits per heavy atom. The first kappa shape index (κ1) is 15.6. The van der Waals surface area contributed by atoms with Gasteiger partial charge in [0.1, 0.15) is 5.75 Å². The Balaban J connectivity index is 2.30. The van der Waals surface area contributed by atoms with Gasteiger partial charge in [0.05, 0.1) is 12.1 Å². The van der Waals surface area contributed by atoms with Gasteiger partial charge in [0.25, 0.3) is 0 Å². The molecule has 1 saturated heterocycles. The normalized spacial score (nSPS) is 19.6. The molecule has 20 heavy (non-hydrogen) atoms. The van der Waals surface area contributed by atoms with Crippen molar-refractivity contribution in [1.29, 1.82) is 0 Å². The average molecular weight is 297 g/mol. The SMILES string of the molecule is CCC(C)[C@H](c1ccc(Cl)c(OC)c1)N1CCNCC1. The molecule has 2 rings (SSSR count). The predicted octanol–water partition coefficient (Wildman–Crippen LogP) is 3.34. The molecule has 3 nitrogen and oxygen atoms in total. The molecule has 2 atom stereocenters. The van der Waals surface area contributed by atoms with E-state index < -0.39 is 0 Å². The minimum absolute atomic E-state index is 0.438. The van der Waals surface area contributed by atoms with Gasteiger partial charge in [0.2, 0.25) is 0 Å². The van der Waals surface area contributed by atoms with Gasteiger partial charge in [0.15, 0.2) is 0 Å². The number of hydrogen-bond donors (Lipinski definition) is 1. The van der Waals surface area contributed by atoms with Crippen LogP contribution in [0.3, 0.4) is 0 Å². The highest BCUT2D eigenvalue weighted by Crippen LogP contribution is 2.35. The topological polar surface area (TPSA) is 24.5 Å². The third-order valence-electron chi connectivity index (χ3n) is 4.24. The zero-order valence-electron chi connectivity index (χ0n) is 12.7. The van der Waals surface area contributed by atoms with Crippen molar-refractivity contribution in [2.75, 3.05) is 33.3 Å². The van der Waals surface area contributed by atoms with Crippen LogP contribution in [-0.4, -0.2) is 38.2 Å². The second-order valence-electron chi connectivity index (χ2n) is 5.51. The summed E-state index contributed by atoms with van der Waals surface area (Å²) < 4.78 is 5.37. The Hall–Kier alpha value is -0.770. The molecule has 0 bridgehead atoms. The summed E-state index contributed by atoms with van der Waals surface area (Å²) in [6, 6.07) is 6.63. The van der Waals surface area contributed by atoms with Gasteiger partial charge < -0.3 is 10.1 Å². The first-order valence-corrected chi connectivity index (χ1v) is 7.83. The fraction of sp³-hybridized carbons (Fsp3) is 0.625. The van der Waals surface area contributed by atoms with E-state index in [1.165, 1.54) is 12.0 Å². The second kappa shape index (κ2) is 7.30. The zero-order valence-corrected chi connectivity index (χ0v) is 13.4. The molecule has 0 aromatic heterocycles. The van der Waals surface area contributed by atoms with E-state index in [9.17, 15) is 0 Å². The number of ether oxygens (including phenoxy) is 1. The molecule has 0 radical (unpaired) electrons. The van der Waals surface area contributed by atoms with Crippen molar-refractivity contribution in [2.24, 2.45) is 5.92 Å². The number of methoxy groups -OCH3 is 1. The molecule has 1 heterocycles. The quantitative estimate of drug-likeness (QED) is 0.902. The molecule has 1 aliphatic heterocycles. The molecule has 4 heteroatoms. The summed E-state index contributed by atoms with van der Waals surface area (Å²) in [5.74, 6) is 1.38. The standard InChI is InChI=1S/C16H25ClN2O/c1-4-12(2)16(19-9-7-18-8-10-19)13-5-6-14(17)15(11-13)20-3/h5-6,11-12,16,18H,4,7-10H2,1-3H3/t12?,16-/m1/s1. The summed E-state index contributed by atoms with van der Waals surface area (Å²) in [4.78, 5) is 2.58. The van der Waals surface area contributed by atoms with Crippen LogP contribution in [0.2, 0.25) is 5.02 Å². The van der Waals surface area contributed by atoms with Crippen LogP contribution in [0.1, 0.15) is 31.9 Å². The summed E-state index contributed by atoms with van der Waals surface area (Å²) in [5, 5.41) is 4.10. The molecule has 1 aromatic carbocycles. The van der Waals surface area contributed by atoms with Crippen molar-refractivity contribution in [1.82, 2.24) is 10.2 Å². The van der Waals surface area contributed by atoms with E-state index >= 15 is 0 Å². The fourth-order valence-electron chi connectivity index (χ4n) is 2.94. The van der Waals surface area contributed by atoms with Crippen LogP contribution in [0.25, 0.3) is 0 Å². The molecular weight excluding hydrogens is 272 g/mol. The van der Waals surface area contributed by atoms with Crippen molar-refractivity contribution in [3.63, 3.8) is 0 Å². The van der Waals surface area contributed by atoms with E-state index in [4.69, 9.17) is 16.3 Å². The molecule has 1 unspecified atom stereocenters. The molecule has 0 saturated carbocycles.